The van der Waals surface area contributed by atoms with Crippen molar-refractivity contribution in [3.05, 3.63) is 16.1 Å². The molecule has 0 aromatic carbocycles. The maximum Gasteiger partial charge on any atom is 0.0928 e. The molecule has 1 aromatic heterocycles. The van der Waals surface area contributed by atoms with Crippen LogP contribution in [0.2, 0.25) is 0 Å². The molecule has 0 aliphatic heterocycles. The Bertz CT molecular complexity index is 273. The molecule has 1 aromatic rings. The first kappa shape index (κ1) is 13.0. The Morgan fingerprint density at radius 3 is 3.07 bits per heavy atom. The standard InChI is InChI=1S/C11H20N2S2/c1-3-4-11-13-10(8-15-11)7-14-6-9(2)5-12/h8-9H,3-7,12H2,1-2H3. The van der Waals surface area contributed by atoms with Crippen molar-refractivity contribution in [1.82, 2.24) is 4.98 Å². The summed E-state index contributed by atoms with van der Waals surface area (Å²) < 4.78 is 0. The Kier molecular flexibility index (Phi) is 6.29. The van der Waals surface area contributed by atoms with Gasteiger partial charge in [0.2, 0.25) is 0 Å². The van der Waals surface area contributed by atoms with Crippen LogP contribution >= 0.6 is 23.1 Å². The summed E-state index contributed by atoms with van der Waals surface area (Å²) in [5, 5.41) is 3.46. The van der Waals surface area contributed by atoms with E-state index in [1.165, 1.54) is 17.1 Å². The van der Waals surface area contributed by atoms with Crippen molar-refractivity contribution in [2.24, 2.45) is 11.7 Å². The lowest BCUT2D eigenvalue weighted by atomic mass is 10.2. The van der Waals surface area contributed by atoms with Gasteiger partial charge in [-0.1, -0.05) is 13.8 Å². The van der Waals surface area contributed by atoms with Gasteiger partial charge in [-0.2, -0.15) is 11.8 Å². The molecule has 4 heteroatoms. The van der Waals surface area contributed by atoms with E-state index in [0.717, 1.165) is 24.5 Å². The molecule has 1 rings (SSSR count). The number of nitrogens with two attached hydrogens (primary N) is 1. The van der Waals surface area contributed by atoms with E-state index in [0.29, 0.717) is 5.92 Å². The zero-order chi connectivity index (χ0) is 11.1. The van der Waals surface area contributed by atoms with Crippen LogP contribution in [0.15, 0.2) is 5.38 Å². The lowest BCUT2D eigenvalue weighted by Gasteiger charge is -2.05. The summed E-state index contributed by atoms with van der Waals surface area (Å²) in [4.78, 5) is 4.59. The van der Waals surface area contributed by atoms with E-state index in [2.05, 4.69) is 24.2 Å². The smallest absolute Gasteiger partial charge is 0.0928 e. The van der Waals surface area contributed by atoms with Gasteiger partial charge in [-0.3, -0.25) is 0 Å². The van der Waals surface area contributed by atoms with Gasteiger partial charge < -0.3 is 5.73 Å². The number of aryl methyl sites for hydroxylation is 1. The first-order valence-electron chi connectivity index (χ1n) is 5.47. The molecule has 2 N–H and O–H groups in total. The normalized spacial score (nSPS) is 13.0. The molecule has 1 atom stereocenters. The van der Waals surface area contributed by atoms with Crippen molar-refractivity contribution < 1.29 is 0 Å². The van der Waals surface area contributed by atoms with Crippen molar-refractivity contribution in [3.8, 4) is 0 Å². The highest BCUT2D eigenvalue weighted by Gasteiger charge is 2.03. The molecule has 0 saturated carbocycles. The van der Waals surface area contributed by atoms with Gasteiger partial charge in [-0.15, -0.1) is 11.3 Å². The molecule has 0 radical (unpaired) electrons. The number of thioether (sulfide) groups is 1. The Hall–Kier alpha value is -0.0600. The zero-order valence-corrected chi connectivity index (χ0v) is 11.2. The zero-order valence-electron chi connectivity index (χ0n) is 9.53. The molecule has 1 heterocycles. The minimum Gasteiger partial charge on any atom is -0.330 e. The first-order valence-corrected chi connectivity index (χ1v) is 7.50. The molecule has 86 valence electrons. The highest BCUT2D eigenvalue weighted by Crippen LogP contribution is 2.18. The number of rotatable bonds is 7. The predicted molar refractivity (Wildman–Crippen MR) is 70.5 cm³/mol. The monoisotopic (exact) mass is 244 g/mol. The second-order valence-electron chi connectivity index (χ2n) is 3.84. The fourth-order valence-corrected chi connectivity index (χ4v) is 3.20. The van der Waals surface area contributed by atoms with Gasteiger partial charge in [0.1, 0.15) is 0 Å². The van der Waals surface area contributed by atoms with Gasteiger partial charge in [-0.05, 0) is 31.1 Å². The summed E-state index contributed by atoms with van der Waals surface area (Å²) >= 11 is 3.72. The minimum atomic E-state index is 0.615. The van der Waals surface area contributed by atoms with Crippen LogP contribution in [-0.4, -0.2) is 17.3 Å². The van der Waals surface area contributed by atoms with Crippen molar-refractivity contribution in [2.75, 3.05) is 12.3 Å². The second-order valence-corrected chi connectivity index (χ2v) is 5.81. The Labute approximate surface area is 101 Å². The van der Waals surface area contributed by atoms with Crippen molar-refractivity contribution in [1.29, 1.82) is 0 Å². The van der Waals surface area contributed by atoms with Gasteiger partial charge in [0.05, 0.1) is 10.7 Å². The molecule has 0 bridgehead atoms. The van der Waals surface area contributed by atoms with E-state index in [4.69, 9.17) is 5.73 Å². The minimum absolute atomic E-state index is 0.615. The Morgan fingerprint density at radius 2 is 2.40 bits per heavy atom. The summed E-state index contributed by atoms with van der Waals surface area (Å²) in [6.45, 7) is 5.17. The van der Waals surface area contributed by atoms with Gasteiger partial charge in [-0.25, -0.2) is 4.98 Å². The Balaban J connectivity index is 2.25. The first-order chi connectivity index (χ1) is 7.26. The number of hydrogen-bond acceptors (Lipinski definition) is 4. The summed E-state index contributed by atoms with van der Waals surface area (Å²) in [5.41, 5.74) is 6.80. The average molecular weight is 244 g/mol. The fourth-order valence-electron chi connectivity index (χ4n) is 1.18. The molecule has 0 fully saturated rings. The molecule has 0 amide bonds. The van der Waals surface area contributed by atoms with Crippen molar-refractivity contribution >= 4 is 23.1 Å². The SMILES string of the molecule is CCCc1nc(CSCC(C)CN)cs1. The lowest BCUT2D eigenvalue weighted by molar-refractivity contribution is 0.675. The third kappa shape index (κ3) is 5.00. The molecular formula is C11H20N2S2. The van der Waals surface area contributed by atoms with Crippen LogP contribution in [0.25, 0.3) is 0 Å². The molecule has 0 aliphatic carbocycles. The van der Waals surface area contributed by atoms with Crippen LogP contribution in [0.5, 0.6) is 0 Å². The molecule has 0 spiro atoms. The predicted octanol–water partition coefficient (Wildman–Crippen LogP) is 2.92. The van der Waals surface area contributed by atoms with E-state index in [1.807, 2.05) is 11.8 Å². The Morgan fingerprint density at radius 1 is 1.60 bits per heavy atom. The van der Waals surface area contributed by atoms with E-state index in [1.54, 1.807) is 11.3 Å². The molecule has 0 saturated heterocycles. The molecule has 15 heavy (non-hydrogen) atoms. The number of aromatic nitrogens is 1. The topological polar surface area (TPSA) is 38.9 Å². The highest BCUT2D eigenvalue weighted by molar-refractivity contribution is 7.98. The van der Waals surface area contributed by atoms with Crippen LogP contribution in [-0.2, 0) is 12.2 Å². The highest BCUT2D eigenvalue weighted by atomic mass is 32.2. The second kappa shape index (κ2) is 7.25. The van der Waals surface area contributed by atoms with Crippen molar-refractivity contribution in [3.63, 3.8) is 0 Å². The fraction of sp³-hybridized carbons (Fsp3) is 0.727. The third-order valence-corrected chi connectivity index (χ3v) is 4.38. The van der Waals surface area contributed by atoms with Gasteiger partial charge in [0.25, 0.3) is 0 Å². The van der Waals surface area contributed by atoms with E-state index >= 15 is 0 Å². The maximum absolute atomic E-state index is 5.57. The molecule has 0 aliphatic rings. The number of nitrogens with zero attached hydrogens (tertiary/aromatic N) is 1. The third-order valence-electron chi connectivity index (χ3n) is 2.12. The lowest BCUT2D eigenvalue weighted by Crippen LogP contribution is -2.12. The molecule has 2 nitrogen and oxygen atoms in total. The van der Waals surface area contributed by atoms with Crippen LogP contribution in [0.4, 0.5) is 0 Å². The van der Waals surface area contributed by atoms with Crippen LogP contribution < -0.4 is 5.73 Å². The summed E-state index contributed by atoms with van der Waals surface area (Å²) in [6.07, 6.45) is 2.30. The van der Waals surface area contributed by atoms with E-state index in [-0.39, 0.29) is 0 Å². The quantitative estimate of drug-likeness (QED) is 0.801. The van der Waals surface area contributed by atoms with E-state index in [9.17, 15) is 0 Å². The van der Waals surface area contributed by atoms with Crippen LogP contribution in [0, 0.1) is 5.92 Å². The summed E-state index contributed by atoms with van der Waals surface area (Å²) in [7, 11) is 0. The van der Waals surface area contributed by atoms with Crippen LogP contribution in [0.1, 0.15) is 31.0 Å². The van der Waals surface area contributed by atoms with Crippen molar-refractivity contribution in [2.45, 2.75) is 32.4 Å². The largest absolute Gasteiger partial charge is 0.330 e. The van der Waals surface area contributed by atoms with Gasteiger partial charge in [0.15, 0.2) is 0 Å². The van der Waals surface area contributed by atoms with Gasteiger partial charge in [0, 0.05) is 11.1 Å². The number of thiazole rings is 1. The average Bonchev–Trinajstić information content (AvgIpc) is 2.66. The van der Waals surface area contributed by atoms with Crippen LogP contribution in [0.3, 0.4) is 0 Å². The molecular weight excluding hydrogens is 224 g/mol. The molecule has 1 unspecified atom stereocenters. The summed E-state index contributed by atoms with van der Waals surface area (Å²) in [5.74, 6) is 2.78. The maximum atomic E-state index is 5.57. The van der Waals surface area contributed by atoms with E-state index < -0.39 is 0 Å². The van der Waals surface area contributed by atoms with Gasteiger partial charge >= 0.3 is 0 Å². The summed E-state index contributed by atoms with van der Waals surface area (Å²) in [6, 6.07) is 0. The number of hydrogen-bond donors (Lipinski definition) is 1.